The lowest BCUT2D eigenvalue weighted by Gasteiger charge is -2.10. The number of anilines is 1. The smallest absolute Gasteiger partial charge is 0.276 e. The van der Waals surface area contributed by atoms with Gasteiger partial charge >= 0.3 is 0 Å². The van der Waals surface area contributed by atoms with Gasteiger partial charge in [-0.05, 0) is 25.1 Å². The van der Waals surface area contributed by atoms with Crippen LogP contribution in [0.4, 0.5) is 11.5 Å². The predicted molar refractivity (Wildman–Crippen MR) is 79.2 cm³/mol. The number of aromatic nitrogens is 1. The maximum absolute atomic E-state index is 10.9. The van der Waals surface area contributed by atoms with Crippen LogP contribution in [-0.2, 0) is 6.61 Å². The Labute approximate surface area is 125 Å². The SMILES string of the molecule is Cc1c(OCc2nc(NN)ccc2Cl)cccc1[N+](=O)[O-]. The molecule has 2 aromatic rings. The number of nitrogens with zero attached hydrogens (tertiary/aromatic N) is 2. The van der Waals surface area contributed by atoms with Crippen molar-refractivity contribution in [1.82, 2.24) is 4.98 Å². The van der Waals surface area contributed by atoms with E-state index in [4.69, 9.17) is 22.2 Å². The first-order chi connectivity index (χ1) is 10.0. The third-order valence-corrected chi connectivity index (χ3v) is 3.23. The van der Waals surface area contributed by atoms with E-state index in [1.165, 1.54) is 6.07 Å². The number of hydrogen-bond donors (Lipinski definition) is 2. The second-order valence-electron chi connectivity index (χ2n) is 4.22. The van der Waals surface area contributed by atoms with Crippen molar-refractivity contribution in [2.24, 2.45) is 5.84 Å². The molecule has 0 radical (unpaired) electrons. The third kappa shape index (κ3) is 3.39. The van der Waals surface area contributed by atoms with Gasteiger partial charge in [0.25, 0.3) is 5.69 Å². The Balaban J connectivity index is 2.21. The molecule has 1 heterocycles. The summed E-state index contributed by atoms with van der Waals surface area (Å²) >= 11 is 6.02. The van der Waals surface area contributed by atoms with Gasteiger partial charge in [0.15, 0.2) is 0 Å². The van der Waals surface area contributed by atoms with Crippen molar-refractivity contribution in [3.8, 4) is 5.75 Å². The Morgan fingerprint density at radius 2 is 2.19 bits per heavy atom. The van der Waals surface area contributed by atoms with Gasteiger partial charge in [0.05, 0.1) is 21.2 Å². The molecular weight excluding hydrogens is 296 g/mol. The first kappa shape index (κ1) is 15.0. The average molecular weight is 309 g/mol. The number of pyridine rings is 1. The minimum atomic E-state index is -0.452. The second kappa shape index (κ2) is 6.38. The minimum Gasteiger partial charge on any atom is -0.487 e. The Hall–Kier alpha value is -2.38. The number of nitro groups is 1. The largest absolute Gasteiger partial charge is 0.487 e. The highest BCUT2D eigenvalue weighted by molar-refractivity contribution is 6.31. The Morgan fingerprint density at radius 1 is 1.43 bits per heavy atom. The van der Waals surface area contributed by atoms with Gasteiger partial charge in [0, 0.05) is 6.07 Å². The number of nitrogens with one attached hydrogen (secondary N) is 1. The summed E-state index contributed by atoms with van der Waals surface area (Å²) in [5, 5.41) is 11.3. The van der Waals surface area contributed by atoms with Crippen LogP contribution in [0.3, 0.4) is 0 Å². The van der Waals surface area contributed by atoms with E-state index in [-0.39, 0.29) is 12.3 Å². The van der Waals surface area contributed by atoms with Crippen molar-refractivity contribution in [2.75, 3.05) is 5.43 Å². The summed E-state index contributed by atoms with van der Waals surface area (Å²) in [6.07, 6.45) is 0. The summed E-state index contributed by atoms with van der Waals surface area (Å²) in [4.78, 5) is 14.6. The molecule has 3 N–H and O–H groups in total. The van der Waals surface area contributed by atoms with Crippen molar-refractivity contribution in [3.63, 3.8) is 0 Å². The lowest BCUT2D eigenvalue weighted by Crippen LogP contribution is -2.10. The van der Waals surface area contributed by atoms with Crippen LogP contribution >= 0.6 is 11.6 Å². The zero-order valence-electron chi connectivity index (χ0n) is 11.2. The van der Waals surface area contributed by atoms with Crippen LogP contribution < -0.4 is 16.0 Å². The van der Waals surface area contributed by atoms with E-state index >= 15 is 0 Å². The maximum atomic E-state index is 10.9. The van der Waals surface area contributed by atoms with Crippen molar-refractivity contribution in [1.29, 1.82) is 0 Å². The van der Waals surface area contributed by atoms with Crippen LogP contribution in [0, 0.1) is 17.0 Å². The topological polar surface area (TPSA) is 103 Å². The number of nitro benzene ring substituents is 1. The van der Waals surface area contributed by atoms with Gasteiger partial charge in [0.2, 0.25) is 0 Å². The van der Waals surface area contributed by atoms with Crippen LogP contribution in [0.2, 0.25) is 5.02 Å². The van der Waals surface area contributed by atoms with Crippen molar-refractivity contribution >= 4 is 23.1 Å². The van der Waals surface area contributed by atoms with E-state index in [0.29, 0.717) is 27.8 Å². The van der Waals surface area contributed by atoms with Gasteiger partial charge in [0.1, 0.15) is 18.2 Å². The molecule has 0 saturated heterocycles. The molecule has 0 unspecified atom stereocenters. The van der Waals surface area contributed by atoms with Gasteiger partial charge in [-0.25, -0.2) is 10.8 Å². The van der Waals surface area contributed by atoms with Crippen molar-refractivity contribution in [2.45, 2.75) is 13.5 Å². The number of rotatable bonds is 5. The van der Waals surface area contributed by atoms with Gasteiger partial charge < -0.3 is 10.2 Å². The fourth-order valence-electron chi connectivity index (χ4n) is 1.77. The number of nitrogens with two attached hydrogens (primary N) is 1. The highest BCUT2D eigenvalue weighted by Crippen LogP contribution is 2.28. The van der Waals surface area contributed by atoms with E-state index in [1.807, 2.05) is 0 Å². The molecule has 0 amide bonds. The molecule has 8 heteroatoms. The van der Waals surface area contributed by atoms with Crippen LogP contribution in [0.1, 0.15) is 11.3 Å². The Morgan fingerprint density at radius 3 is 2.86 bits per heavy atom. The number of ether oxygens (including phenoxy) is 1. The average Bonchev–Trinajstić information content (AvgIpc) is 2.47. The Bertz CT molecular complexity index is 678. The molecule has 0 fully saturated rings. The predicted octanol–water partition coefficient (Wildman–Crippen LogP) is 2.82. The lowest BCUT2D eigenvalue weighted by molar-refractivity contribution is -0.385. The summed E-state index contributed by atoms with van der Waals surface area (Å²) in [5.74, 6) is 6.14. The zero-order valence-corrected chi connectivity index (χ0v) is 11.9. The van der Waals surface area contributed by atoms with E-state index in [9.17, 15) is 10.1 Å². The minimum absolute atomic E-state index is 0.00364. The fraction of sp³-hybridized carbons (Fsp3) is 0.154. The molecule has 1 aromatic heterocycles. The van der Waals surface area contributed by atoms with Gasteiger partial charge in [-0.15, -0.1) is 0 Å². The second-order valence-corrected chi connectivity index (χ2v) is 4.62. The van der Waals surface area contributed by atoms with Crippen LogP contribution in [0.25, 0.3) is 0 Å². The lowest BCUT2D eigenvalue weighted by atomic mass is 10.2. The molecule has 0 aliphatic heterocycles. The summed E-state index contributed by atoms with van der Waals surface area (Å²) in [6.45, 7) is 1.71. The highest BCUT2D eigenvalue weighted by Gasteiger charge is 2.14. The number of halogens is 1. The normalized spacial score (nSPS) is 10.2. The number of hydrazine groups is 1. The molecule has 7 nitrogen and oxygen atoms in total. The molecule has 2 rings (SSSR count). The molecule has 21 heavy (non-hydrogen) atoms. The first-order valence-corrected chi connectivity index (χ1v) is 6.39. The van der Waals surface area contributed by atoms with Crippen LogP contribution in [0.15, 0.2) is 30.3 Å². The maximum Gasteiger partial charge on any atom is 0.276 e. The number of benzene rings is 1. The highest BCUT2D eigenvalue weighted by atomic mass is 35.5. The Kier molecular flexibility index (Phi) is 4.56. The summed E-state index contributed by atoms with van der Waals surface area (Å²) in [5.41, 5.74) is 3.35. The molecule has 1 aromatic carbocycles. The summed E-state index contributed by atoms with van der Waals surface area (Å²) < 4.78 is 5.57. The number of nitrogen functional groups attached to an aromatic ring is 1. The van der Waals surface area contributed by atoms with Crippen molar-refractivity contribution < 1.29 is 9.66 Å². The molecule has 0 aliphatic rings. The van der Waals surface area contributed by atoms with Gasteiger partial charge in [-0.3, -0.25) is 10.1 Å². The molecule has 0 aliphatic carbocycles. The van der Waals surface area contributed by atoms with Crippen molar-refractivity contribution in [3.05, 3.63) is 56.7 Å². The third-order valence-electron chi connectivity index (χ3n) is 2.88. The molecule has 0 bridgehead atoms. The van der Waals surface area contributed by atoms with E-state index < -0.39 is 4.92 Å². The van der Waals surface area contributed by atoms with E-state index in [2.05, 4.69) is 10.4 Å². The van der Waals surface area contributed by atoms with Crippen LogP contribution in [-0.4, -0.2) is 9.91 Å². The van der Waals surface area contributed by atoms with E-state index in [0.717, 1.165) is 0 Å². The molecule has 0 atom stereocenters. The standard InChI is InChI=1S/C13H13ClN4O3/c1-8-11(18(19)20)3-2-4-12(8)21-7-10-9(14)5-6-13(16-10)17-15/h2-6H,7,15H2,1H3,(H,16,17). The van der Waals surface area contributed by atoms with E-state index in [1.54, 1.807) is 31.2 Å². The fourth-order valence-corrected chi connectivity index (χ4v) is 1.93. The molecular formula is C13H13ClN4O3. The summed E-state index contributed by atoms with van der Waals surface area (Å²) in [6, 6.07) is 7.91. The van der Waals surface area contributed by atoms with Gasteiger partial charge in [-0.1, -0.05) is 17.7 Å². The molecule has 0 spiro atoms. The van der Waals surface area contributed by atoms with Gasteiger partial charge in [-0.2, -0.15) is 0 Å². The molecule has 0 saturated carbocycles. The quantitative estimate of drug-likeness (QED) is 0.500. The number of hydrogen-bond acceptors (Lipinski definition) is 6. The van der Waals surface area contributed by atoms with Crippen LogP contribution in [0.5, 0.6) is 5.75 Å². The monoisotopic (exact) mass is 308 g/mol. The molecule has 110 valence electrons. The summed E-state index contributed by atoms with van der Waals surface area (Å²) in [7, 11) is 0. The zero-order chi connectivity index (χ0) is 15.4. The first-order valence-electron chi connectivity index (χ1n) is 6.01.